The van der Waals surface area contributed by atoms with Gasteiger partial charge in [0.05, 0.1) is 0 Å². The van der Waals surface area contributed by atoms with Crippen LogP contribution in [-0.2, 0) is 0 Å². The first kappa shape index (κ1) is 20.0. The van der Waals surface area contributed by atoms with E-state index >= 15 is 0 Å². The number of rotatable bonds is 13. The summed E-state index contributed by atoms with van der Waals surface area (Å²) >= 11 is 0. The molecule has 0 spiro atoms. The number of allylic oxidation sites excluding steroid dienone is 4. The fourth-order valence-electron chi connectivity index (χ4n) is 3.23. The van der Waals surface area contributed by atoms with E-state index in [4.69, 9.17) is 0 Å². The molecule has 130 valence electrons. The van der Waals surface area contributed by atoms with Gasteiger partial charge in [0.2, 0.25) is 0 Å². The summed E-state index contributed by atoms with van der Waals surface area (Å²) < 4.78 is 0. The molecular formula is C22H37N. The highest BCUT2D eigenvalue weighted by molar-refractivity contribution is 4.93. The van der Waals surface area contributed by atoms with Gasteiger partial charge in [0.25, 0.3) is 0 Å². The normalized spacial score (nSPS) is 16.6. The Bertz CT molecular complexity index is 321. The Morgan fingerprint density at radius 2 is 1.22 bits per heavy atom. The molecule has 1 nitrogen and oxygen atoms in total. The van der Waals surface area contributed by atoms with Gasteiger partial charge >= 0.3 is 0 Å². The Morgan fingerprint density at radius 3 is 1.70 bits per heavy atom. The fraction of sp³-hybridized carbons (Fsp3) is 0.636. The molecule has 1 rings (SSSR count). The van der Waals surface area contributed by atoms with Gasteiger partial charge in [-0.3, -0.25) is 4.90 Å². The molecule has 0 aromatic heterocycles. The van der Waals surface area contributed by atoms with Crippen LogP contribution in [0.3, 0.4) is 0 Å². The molecule has 0 N–H and O–H groups in total. The van der Waals surface area contributed by atoms with Crippen molar-refractivity contribution in [3.63, 3.8) is 0 Å². The van der Waals surface area contributed by atoms with Crippen molar-refractivity contribution in [1.29, 1.82) is 0 Å². The largest absolute Gasteiger partial charge is 0.293 e. The van der Waals surface area contributed by atoms with Crippen LogP contribution in [0, 0.1) is 0 Å². The number of hydrogen-bond donors (Lipinski definition) is 0. The van der Waals surface area contributed by atoms with Crippen molar-refractivity contribution in [3.05, 3.63) is 49.6 Å². The number of hydrogen-bond acceptors (Lipinski definition) is 1. The summed E-state index contributed by atoms with van der Waals surface area (Å²) in [7, 11) is 0. The fourth-order valence-corrected chi connectivity index (χ4v) is 3.23. The van der Waals surface area contributed by atoms with Gasteiger partial charge in [-0.2, -0.15) is 0 Å². The van der Waals surface area contributed by atoms with Crippen molar-refractivity contribution in [1.82, 2.24) is 4.90 Å². The Hall–Kier alpha value is -1.08. The average molecular weight is 316 g/mol. The highest BCUT2D eigenvalue weighted by atomic mass is 15.1. The van der Waals surface area contributed by atoms with Crippen LogP contribution in [0.15, 0.2) is 49.6 Å². The molecule has 0 aliphatic heterocycles. The van der Waals surface area contributed by atoms with Crippen molar-refractivity contribution < 1.29 is 0 Å². The summed E-state index contributed by atoms with van der Waals surface area (Å²) in [5.41, 5.74) is 0. The van der Waals surface area contributed by atoms with Gasteiger partial charge in [0, 0.05) is 19.1 Å². The molecule has 0 radical (unpaired) electrons. The molecule has 0 amide bonds. The minimum absolute atomic E-state index is 0.791. The van der Waals surface area contributed by atoms with Gasteiger partial charge < -0.3 is 0 Å². The first-order chi connectivity index (χ1) is 11.4. The van der Waals surface area contributed by atoms with Gasteiger partial charge in [0.1, 0.15) is 0 Å². The maximum Gasteiger partial charge on any atom is 0.0169 e. The third-order valence-electron chi connectivity index (χ3n) is 4.66. The predicted octanol–water partition coefficient (Wildman–Crippen LogP) is 6.45. The lowest BCUT2D eigenvalue weighted by atomic mass is 9.94. The molecule has 0 atom stereocenters. The standard InChI is InChI=1S/C22H37N/c1-3-5-7-9-11-16-20-23(22-18-14-13-15-19-22)21-17-12-10-8-6-4-2/h3-4,11-12,16-17,22H,1-2,5-10,13-15,18-21H2/b16-11+,17-12+. The molecule has 1 fully saturated rings. The van der Waals surface area contributed by atoms with E-state index in [1.165, 1.54) is 57.8 Å². The zero-order chi connectivity index (χ0) is 16.6. The molecule has 0 unspecified atom stereocenters. The van der Waals surface area contributed by atoms with Crippen LogP contribution < -0.4 is 0 Å². The third-order valence-corrected chi connectivity index (χ3v) is 4.66. The van der Waals surface area contributed by atoms with Gasteiger partial charge in [-0.15, -0.1) is 13.2 Å². The van der Waals surface area contributed by atoms with Crippen molar-refractivity contribution in [2.75, 3.05) is 13.1 Å². The van der Waals surface area contributed by atoms with Gasteiger partial charge in [0.15, 0.2) is 0 Å². The summed E-state index contributed by atoms with van der Waals surface area (Å²) in [4.78, 5) is 2.67. The highest BCUT2D eigenvalue weighted by Crippen LogP contribution is 2.22. The molecule has 0 heterocycles. The molecule has 1 heteroatoms. The summed E-state index contributed by atoms with van der Waals surface area (Å²) in [5.74, 6) is 0. The third kappa shape index (κ3) is 10.3. The van der Waals surface area contributed by atoms with Crippen molar-refractivity contribution in [2.45, 2.75) is 76.7 Å². The van der Waals surface area contributed by atoms with E-state index in [1.807, 2.05) is 12.2 Å². The second kappa shape index (κ2) is 14.5. The molecule has 0 aromatic rings. The SMILES string of the molecule is C=CCCC/C=C/CN(C/C=C/CCCC=C)C1CCCCC1. The second-order valence-electron chi connectivity index (χ2n) is 6.63. The van der Waals surface area contributed by atoms with Crippen LogP contribution >= 0.6 is 0 Å². The molecule has 0 saturated heterocycles. The Morgan fingerprint density at radius 1 is 0.696 bits per heavy atom. The molecule has 1 aliphatic carbocycles. The Kier molecular flexibility index (Phi) is 12.6. The van der Waals surface area contributed by atoms with Crippen LogP contribution in [0.4, 0.5) is 0 Å². The second-order valence-corrected chi connectivity index (χ2v) is 6.63. The van der Waals surface area contributed by atoms with E-state index in [1.54, 1.807) is 0 Å². The molecule has 1 aliphatic rings. The molecule has 23 heavy (non-hydrogen) atoms. The minimum atomic E-state index is 0.791. The zero-order valence-corrected chi connectivity index (χ0v) is 15.1. The summed E-state index contributed by atoms with van der Waals surface area (Å²) in [6.45, 7) is 9.78. The minimum Gasteiger partial charge on any atom is -0.293 e. The van der Waals surface area contributed by atoms with Crippen LogP contribution in [0.5, 0.6) is 0 Å². The van der Waals surface area contributed by atoms with E-state index in [-0.39, 0.29) is 0 Å². The van der Waals surface area contributed by atoms with Crippen LogP contribution in [0.1, 0.15) is 70.6 Å². The van der Waals surface area contributed by atoms with Crippen molar-refractivity contribution in [3.8, 4) is 0 Å². The zero-order valence-electron chi connectivity index (χ0n) is 15.1. The number of unbranched alkanes of at least 4 members (excludes halogenated alkanes) is 4. The monoisotopic (exact) mass is 315 g/mol. The lowest BCUT2D eigenvalue weighted by Crippen LogP contribution is -2.37. The average Bonchev–Trinajstić information content (AvgIpc) is 2.60. The smallest absolute Gasteiger partial charge is 0.0169 e. The van der Waals surface area contributed by atoms with E-state index in [0.717, 1.165) is 32.0 Å². The predicted molar refractivity (Wildman–Crippen MR) is 105 cm³/mol. The van der Waals surface area contributed by atoms with Gasteiger partial charge in [-0.05, 0) is 51.4 Å². The van der Waals surface area contributed by atoms with E-state index in [0.29, 0.717) is 0 Å². The van der Waals surface area contributed by atoms with Crippen LogP contribution in [0.2, 0.25) is 0 Å². The lowest BCUT2D eigenvalue weighted by molar-refractivity contribution is 0.189. The molecule has 0 aromatic carbocycles. The Labute approximate surface area is 144 Å². The lowest BCUT2D eigenvalue weighted by Gasteiger charge is -2.32. The molecule has 1 saturated carbocycles. The van der Waals surface area contributed by atoms with Crippen molar-refractivity contribution in [2.24, 2.45) is 0 Å². The first-order valence-electron chi connectivity index (χ1n) is 9.64. The van der Waals surface area contributed by atoms with Gasteiger partial charge in [-0.25, -0.2) is 0 Å². The number of nitrogens with zero attached hydrogens (tertiary/aromatic N) is 1. The van der Waals surface area contributed by atoms with E-state index in [2.05, 4.69) is 42.4 Å². The topological polar surface area (TPSA) is 3.24 Å². The Balaban J connectivity index is 2.35. The summed E-state index contributed by atoms with van der Waals surface area (Å²) in [6, 6.07) is 0.791. The van der Waals surface area contributed by atoms with Gasteiger partial charge in [-0.1, -0.05) is 55.7 Å². The molecule has 0 bridgehead atoms. The summed E-state index contributed by atoms with van der Waals surface area (Å²) in [5, 5.41) is 0. The molecular weight excluding hydrogens is 278 g/mol. The maximum absolute atomic E-state index is 3.78. The van der Waals surface area contributed by atoms with Crippen LogP contribution in [0.25, 0.3) is 0 Å². The van der Waals surface area contributed by atoms with Crippen LogP contribution in [-0.4, -0.2) is 24.0 Å². The first-order valence-corrected chi connectivity index (χ1v) is 9.64. The van der Waals surface area contributed by atoms with E-state index < -0.39 is 0 Å². The quantitative estimate of drug-likeness (QED) is 0.279. The van der Waals surface area contributed by atoms with Crippen molar-refractivity contribution >= 4 is 0 Å². The maximum atomic E-state index is 3.78. The van der Waals surface area contributed by atoms with E-state index in [9.17, 15) is 0 Å². The summed E-state index contributed by atoms with van der Waals surface area (Å²) in [6.07, 6.45) is 27.6. The highest BCUT2D eigenvalue weighted by Gasteiger charge is 2.18.